The van der Waals surface area contributed by atoms with E-state index in [4.69, 9.17) is 4.42 Å². The van der Waals surface area contributed by atoms with Gasteiger partial charge in [-0.05, 0) is 35.9 Å². The molecule has 0 bridgehead atoms. The fourth-order valence-electron chi connectivity index (χ4n) is 2.40. The summed E-state index contributed by atoms with van der Waals surface area (Å²) in [5.41, 5.74) is 2.87. The average Bonchev–Trinajstić information content (AvgIpc) is 3.08. The van der Waals surface area contributed by atoms with Crippen LogP contribution in [-0.4, -0.2) is 35.1 Å². The van der Waals surface area contributed by atoms with Gasteiger partial charge in [0.25, 0.3) is 5.22 Å². The first-order valence-electron chi connectivity index (χ1n) is 7.88. The Morgan fingerprint density at radius 1 is 1.04 bits per heavy atom. The highest BCUT2D eigenvalue weighted by atomic mass is 32.2. The average molecular weight is 353 g/mol. The summed E-state index contributed by atoms with van der Waals surface area (Å²) in [6.45, 7) is 1.99. The Hall–Kier alpha value is -2.60. The summed E-state index contributed by atoms with van der Waals surface area (Å²) in [7, 11) is 3.48. The molecule has 128 valence electrons. The van der Waals surface area contributed by atoms with E-state index < -0.39 is 5.25 Å². The highest BCUT2D eigenvalue weighted by molar-refractivity contribution is 8.00. The number of amides is 1. The summed E-state index contributed by atoms with van der Waals surface area (Å²) < 4.78 is 5.80. The molecule has 1 heterocycles. The number of aryl methyl sites for hydroxylation is 1. The van der Waals surface area contributed by atoms with Crippen molar-refractivity contribution in [3.63, 3.8) is 0 Å². The third-order valence-electron chi connectivity index (χ3n) is 3.77. The van der Waals surface area contributed by atoms with E-state index in [2.05, 4.69) is 10.2 Å². The van der Waals surface area contributed by atoms with Crippen molar-refractivity contribution in [2.45, 2.75) is 17.4 Å². The van der Waals surface area contributed by atoms with E-state index in [0.717, 1.165) is 16.7 Å². The van der Waals surface area contributed by atoms with Gasteiger partial charge in [0.05, 0.1) is 0 Å². The number of thioether (sulfide) groups is 1. The van der Waals surface area contributed by atoms with Crippen LogP contribution in [0.15, 0.2) is 64.2 Å². The minimum Gasteiger partial charge on any atom is -0.411 e. The summed E-state index contributed by atoms with van der Waals surface area (Å²) in [6, 6.07) is 17.4. The molecule has 0 saturated heterocycles. The number of nitrogens with zero attached hydrogens (tertiary/aromatic N) is 3. The van der Waals surface area contributed by atoms with Crippen molar-refractivity contribution in [3.8, 4) is 11.5 Å². The van der Waals surface area contributed by atoms with E-state index in [0.29, 0.717) is 11.1 Å². The van der Waals surface area contributed by atoms with E-state index in [1.165, 1.54) is 11.8 Å². The molecule has 3 rings (SSSR count). The van der Waals surface area contributed by atoms with Gasteiger partial charge in [-0.15, -0.1) is 10.2 Å². The predicted molar refractivity (Wildman–Crippen MR) is 98.2 cm³/mol. The van der Waals surface area contributed by atoms with Gasteiger partial charge in [-0.25, -0.2) is 0 Å². The monoisotopic (exact) mass is 353 g/mol. The first-order valence-corrected chi connectivity index (χ1v) is 8.76. The van der Waals surface area contributed by atoms with Crippen LogP contribution in [0.2, 0.25) is 0 Å². The maximum atomic E-state index is 12.6. The molecule has 0 radical (unpaired) electrons. The highest BCUT2D eigenvalue weighted by Crippen LogP contribution is 2.37. The van der Waals surface area contributed by atoms with Crippen molar-refractivity contribution in [3.05, 3.63) is 65.7 Å². The molecule has 3 aromatic rings. The predicted octanol–water partition coefficient (Wildman–Crippen LogP) is 3.97. The van der Waals surface area contributed by atoms with Gasteiger partial charge in [-0.2, -0.15) is 0 Å². The summed E-state index contributed by atoms with van der Waals surface area (Å²) >= 11 is 1.27. The SMILES string of the molecule is Cc1ccccc1-c1nnc(S[C@@H](C(=O)N(C)C)c2ccccc2)o1. The topological polar surface area (TPSA) is 59.2 Å². The maximum Gasteiger partial charge on any atom is 0.277 e. The summed E-state index contributed by atoms with van der Waals surface area (Å²) in [6.07, 6.45) is 0. The Kier molecular flexibility index (Phi) is 5.19. The van der Waals surface area contributed by atoms with Gasteiger partial charge in [0.2, 0.25) is 11.8 Å². The van der Waals surface area contributed by atoms with Crippen molar-refractivity contribution >= 4 is 17.7 Å². The Morgan fingerprint density at radius 3 is 2.40 bits per heavy atom. The lowest BCUT2D eigenvalue weighted by molar-refractivity contribution is -0.128. The minimum absolute atomic E-state index is 0.0214. The smallest absolute Gasteiger partial charge is 0.277 e. The highest BCUT2D eigenvalue weighted by Gasteiger charge is 2.26. The number of aromatic nitrogens is 2. The van der Waals surface area contributed by atoms with Gasteiger partial charge in [0.1, 0.15) is 5.25 Å². The molecule has 0 saturated carbocycles. The number of carbonyl (C=O) groups is 1. The molecule has 5 nitrogen and oxygen atoms in total. The molecule has 6 heteroatoms. The molecule has 25 heavy (non-hydrogen) atoms. The fourth-order valence-corrected chi connectivity index (χ4v) is 3.42. The van der Waals surface area contributed by atoms with Crippen LogP contribution < -0.4 is 0 Å². The zero-order valence-corrected chi connectivity index (χ0v) is 15.2. The zero-order valence-electron chi connectivity index (χ0n) is 14.3. The van der Waals surface area contributed by atoms with Gasteiger partial charge in [-0.3, -0.25) is 4.79 Å². The fraction of sp³-hybridized carbons (Fsp3) is 0.211. The van der Waals surface area contributed by atoms with E-state index in [1.54, 1.807) is 19.0 Å². The number of carbonyl (C=O) groups excluding carboxylic acids is 1. The number of hydrogen-bond donors (Lipinski definition) is 0. The molecule has 1 aromatic heterocycles. The normalized spacial score (nSPS) is 12.0. The molecule has 0 unspecified atom stereocenters. The van der Waals surface area contributed by atoms with Crippen LogP contribution in [0, 0.1) is 6.92 Å². The summed E-state index contributed by atoms with van der Waals surface area (Å²) in [5.74, 6) is 0.441. The zero-order chi connectivity index (χ0) is 17.8. The van der Waals surface area contributed by atoms with Crippen molar-refractivity contribution in [1.82, 2.24) is 15.1 Å². The van der Waals surface area contributed by atoms with Gasteiger partial charge < -0.3 is 9.32 Å². The third kappa shape index (κ3) is 3.91. The van der Waals surface area contributed by atoms with Gasteiger partial charge in [0.15, 0.2) is 0 Å². The van der Waals surface area contributed by atoms with Crippen LogP contribution in [0.25, 0.3) is 11.5 Å². The molecule has 1 atom stereocenters. The van der Waals surface area contributed by atoms with Crippen molar-refractivity contribution in [1.29, 1.82) is 0 Å². The third-order valence-corrected chi connectivity index (χ3v) is 4.84. The molecule has 1 amide bonds. The Morgan fingerprint density at radius 2 is 1.72 bits per heavy atom. The first-order chi connectivity index (χ1) is 12.1. The van der Waals surface area contributed by atoms with E-state index in [9.17, 15) is 4.79 Å². The molecule has 0 aliphatic heterocycles. The van der Waals surface area contributed by atoms with Crippen LogP contribution in [0.3, 0.4) is 0 Å². The molecule has 0 aliphatic carbocycles. The molecular weight excluding hydrogens is 334 g/mol. The summed E-state index contributed by atoms with van der Waals surface area (Å²) in [5, 5.41) is 8.20. The molecule has 0 N–H and O–H groups in total. The van der Waals surface area contributed by atoms with E-state index in [1.807, 2.05) is 61.5 Å². The molecular formula is C19H19N3O2S. The van der Waals surface area contributed by atoms with Crippen molar-refractivity contribution in [2.75, 3.05) is 14.1 Å². The van der Waals surface area contributed by atoms with Crippen LogP contribution in [0.4, 0.5) is 0 Å². The molecule has 0 spiro atoms. The minimum atomic E-state index is -0.429. The number of rotatable bonds is 5. The standard InChI is InChI=1S/C19H19N3O2S/c1-13-9-7-8-12-15(13)17-20-21-19(24-17)25-16(18(23)22(2)3)14-10-5-4-6-11-14/h4-12,16H,1-3H3/t16-/m1/s1. The number of hydrogen-bond acceptors (Lipinski definition) is 5. The lowest BCUT2D eigenvalue weighted by Crippen LogP contribution is -2.26. The Labute approximate surface area is 151 Å². The largest absolute Gasteiger partial charge is 0.411 e. The van der Waals surface area contributed by atoms with Crippen LogP contribution in [-0.2, 0) is 4.79 Å². The molecule has 2 aromatic carbocycles. The second-order valence-electron chi connectivity index (χ2n) is 5.83. The van der Waals surface area contributed by atoms with E-state index >= 15 is 0 Å². The van der Waals surface area contributed by atoms with Gasteiger partial charge in [-0.1, -0.05) is 48.5 Å². The van der Waals surface area contributed by atoms with E-state index in [-0.39, 0.29) is 5.91 Å². The number of likely N-dealkylation sites (N-methyl/N-ethyl adjacent to an activating group) is 1. The number of benzene rings is 2. The van der Waals surface area contributed by atoms with Crippen LogP contribution >= 0.6 is 11.8 Å². The second-order valence-corrected chi connectivity index (χ2v) is 6.89. The van der Waals surface area contributed by atoms with Gasteiger partial charge >= 0.3 is 0 Å². The van der Waals surface area contributed by atoms with Crippen molar-refractivity contribution in [2.24, 2.45) is 0 Å². The van der Waals surface area contributed by atoms with Crippen molar-refractivity contribution < 1.29 is 9.21 Å². The van der Waals surface area contributed by atoms with Crippen LogP contribution in [0.5, 0.6) is 0 Å². The first kappa shape index (κ1) is 17.2. The quantitative estimate of drug-likeness (QED) is 0.650. The van der Waals surface area contributed by atoms with Gasteiger partial charge in [0, 0.05) is 19.7 Å². The molecule has 0 aliphatic rings. The lowest BCUT2D eigenvalue weighted by Gasteiger charge is -2.18. The second kappa shape index (κ2) is 7.53. The summed E-state index contributed by atoms with van der Waals surface area (Å²) in [4.78, 5) is 14.2. The Balaban J connectivity index is 1.88. The molecule has 0 fully saturated rings. The maximum absolute atomic E-state index is 12.6. The lowest BCUT2D eigenvalue weighted by atomic mass is 10.1. The Bertz CT molecular complexity index is 862. The van der Waals surface area contributed by atoms with Crippen LogP contribution in [0.1, 0.15) is 16.4 Å².